The second-order valence-corrected chi connectivity index (χ2v) is 1.32. The number of hydrogen-bond acceptors (Lipinski definition) is 2. The Hall–Kier alpha value is -1.27. The molecular weight excluding hydrogens is 102 g/mol. The summed E-state index contributed by atoms with van der Waals surface area (Å²) in [5.41, 5.74) is 0. The fourth-order valence-corrected chi connectivity index (χ4v) is 0.381. The fourth-order valence-electron chi connectivity index (χ4n) is 0.381. The summed E-state index contributed by atoms with van der Waals surface area (Å²) in [4.78, 5) is 3.47. The molecule has 1 aliphatic heterocycles. The van der Waals surface area contributed by atoms with Gasteiger partial charge in [-0.3, -0.25) is 0 Å². The summed E-state index contributed by atoms with van der Waals surface area (Å²) >= 11 is 0. The normalized spacial score (nSPS) is 15.8. The van der Waals surface area contributed by atoms with Gasteiger partial charge in [0.15, 0.2) is 0 Å². The van der Waals surface area contributed by atoms with Crippen molar-refractivity contribution in [2.24, 2.45) is 4.99 Å². The van der Waals surface area contributed by atoms with Crippen molar-refractivity contribution in [3.63, 3.8) is 0 Å². The van der Waals surface area contributed by atoms with Crippen LogP contribution in [-0.4, -0.2) is 11.0 Å². The maximum atomic E-state index is 8.65. The molecule has 0 radical (unpaired) electrons. The minimum absolute atomic E-state index is 0.00463. The largest absolute Gasteiger partial charge is 0.493 e. The fraction of sp³-hybridized carbons (Fsp3) is 0. The lowest BCUT2D eigenvalue weighted by molar-refractivity contribution is 0.408. The highest BCUT2D eigenvalue weighted by Crippen LogP contribution is 1.91. The van der Waals surface area contributed by atoms with Gasteiger partial charge in [0.25, 0.3) is 0 Å². The quantitative estimate of drug-likeness (QED) is 0.495. The van der Waals surface area contributed by atoms with Crippen molar-refractivity contribution < 1.29 is 5.11 Å². The standard InChI is InChI=1S/C6H5NO/c8-6-4-2-1-3-5-7-6/h1-4,8H. The van der Waals surface area contributed by atoms with E-state index in [-0.39, 0.29) is 5.88 Å². The Balaban J connectivity index is 2.94. The third-order valence-electron chi connectivity index (χ3n) is 0.706. The second kappa shape index (κ2) is 2.15. The van der Waals surface area contributed by atoms with Gasteiger partial charge in [-0.15, -0.1) is 0 Å². The second-order valence-electron chi connectivity index (χ2n) is 1.32. The van der Waals surface area contributed by atoms with Crippen LogP contribution in [0.3, 0.4) is 0 Å². The van der Waals surface area contributed by atoms with Crippen LogP contribution in [0.4, 0.5) is 0 Å². The number of aliphatic hydroxyl groups is 1. The summed E-state index contributed by atoms with van der Waals surface area (Å²) in [7, 11) is 0. The molecule has 0 saturated carbocycles. The molecule has 0 bridgehead atoms. The van der Waals surface area contributed by atoms with Gasteiger partial charge in [-0.2, -0.15) is 4.99 Å². The van der Waals surface area contributed by atoms with E-state index in [1.54, 1.807) is 18.2 Å². The summed E-state index contributed by atoms with van der Waals surface area (Å²) in [5.74, 6) is 2.49. The summed E-state index contributed by atoms with van der Waals surface area (Å²) in [6, 6.07) is 0. The molecule has 0 aromatic rings. The first kappa shape index (κ1) is 4.88. The zero-order valence-corrected chi connectivity index (χ0v) is 4.20. The molecule has 40 valence electrons. The molecule has 1 rings (SSSR count). The predicted molar refractivity (Wildman–Crippen MR) is 31.9 cm³/mol. The number of aliphatic hydroxyl groups excluding tert-OH is 1. The molecule has 0 unspecified atom stereocenters. The van der Waals surface area contributed by atoms with Crippen molar-refractivity contribution in [3.8, 4) is 0 Å². The van der Waals surface area contributed by atoms with Crippen LogP contribution in [0.5, 0.6) is 0 Å². The molecule has 2 heteroatoms. The Morgan fingerprint density at radius 3 is 3.25 bits per heavy atom. The zero-order chi connectivity index (χ0) is 5.82. The van der Waals surface area contributed by atoms with E-state index in [9.17, 15) is 0 Å². The molecule has 0 aromatic carbocycles. The van der Waals surface area contributed by atoms with Crippen LogP contribution in [0.15, 0.2) is 35.2 Å². The number of aliphatic imine (C=N–C) groups is 1. The molecule has 0 amide bonds. The van der Waals surface area contributed by atoms with Gasteiger partial charge in [0.2, 0.25) is 5.88 Å². The molecular formula is C6H5NO. The average molecular weight is 107 g/mol. The van der Waals surface area contributed by atoms with Crippen LogP contribution in [0.1, 0.15) is 0 Å². The SMILES string of the molecule is OC1=CC=CC=C=N1. The number of rotatable bonds is 0. The number of nitrogens with zero attached hydrogens (tertiary/aromatic N) is 1. The lowest BCUT2D eigenvalue weighted by atomic mass is 10.5. The molecule has 0 aliphatic carbocycles. The molecule has 8 heavy (non-hydrogen) atoms. The van der Waals surface area contributed by atoms with Crippen molar-refractivity contribution in [1.82, 2.24) is 0 Å². The molecule has 2 nitrogen and oxygen atoms in total. The van der Waals surface area contributed by atoms with E-state index in [1.807, 2.05) is 0 Å². The predicted octanol–water partition coefficient (Wildman–Crippen LogP) is 1.18. The molecule has 0 saturated heterocycles. The van der Waals surface area contributed by atoms with Crippen molar-refractivity contribution in [3.05, 3.63) is 30.2 Å². The van der Waals surface area contributed by atoms with Gasteiger partial charge in [0.05, 0.1) is 0 Å². The number of allylic oxidation sites excluding steroid dienone is 4. The van der Waals surface area contributed by atoms with Gasteiger partial charge in [-0.05, 0) is 11.9 Å². The van der Waals surface area contributed by atoms with E-state index in [0.29, 0.717) is 0 Å². The third-order valence-corrected chi connectivity index (χ3v) is 0.706. The first-order valence-electron chi connectivity index (χ1n) is 2.25. The van der Waals surface area contributed by atoms with E-state index in [0.717, 1.165) is 0 Å². The first-order chi connectivity index (χ1) is 3.89. The lowest BCUT2D eigenvalue weighted by Crippen LogP contribution is -1.67. The highest BCUT2D eigenvalue weighted by molar-refractivity contribution is 5.57. The summed E-state index contributed by atoms with van der Waals surface area (Å²) in [6.45, 7) is 0. The van der Waals surface area contributed by atoms with E-state index >= 15 is 0 Å². The average Bonchev–Trinajstić information content (AvgIpc) is 1.94. The van der Waals surface area contributed by atoms with Crippen LogP contribution < -0.4 is 0 Å². The van der Waals surface area contributed by atoms with Crippen LogP contribution >= 0.6 is 0 Å². The zero-order valence-electron chi connectivity index (χ0n) is 4.20. The van der Waals surface area contributed by atoms with Gasteiger partial charge < -0.3 is 5.11 Å². The topological polar surface area (TPSA) is 32.6 Å². The Kier molecular flexibility index (Phi) is 1.31. The van der Waals surface area contributed by atoms with Crippen LogP contribution in [0.2, 0.25) is 0 Å². The maximum absolute atomic E-state index is 8.65. The third kappa shape index (κ3) is 1.10. The summed E-state index contributed by atoms with van der Waals surface area (Å²) in [6.07, 6.45) is 6.56. The van der Waals surface area contributed by atoms with Gasteiger partial charge in [0, 0.05) is 6.08 Å². The Labute approximate surface area is 47.2 Å². The minimum atomic E-state index is -0.00463. The van der Waals surface area contributed by atoms with E-state index in [1.165, 1.54) is 6.08 Å². The van der Waals surface area contributed by atoms with Crippen molar-refractivity contribution in [1.29, 1.82) is 0 Å². The monoisotopic (exact) mass is 107 g/mol. The molecule has 0 atom stereocenters. The Morgan fingerprint density at radius 1 is 1.50 bits per heavy atom. The molecule has 1 heterocycles. The van der Waals surface area contributed by atoms with Crippen LogP contribution in [-0.2, 0) is 0 Å². The lowest BCUT2D eigenvalue weighted by Gasteiger charge is -1.78. The van der Waals surface area contributed by atoms with Crippen LogP contribution in [0, 0.1) is 0 Å². The van der Waals surface area contributed by atoms with Gasteiger partial charge in [-0.25, -0.2) is 0 Å². The van der Waals surface area contributed by atoms with Gasteiger partial charge in [-0.1, -0.05) is 12.2 Å². The van der Waals surface area contributed by atoms with Gasteiger partial charge in [0.1, 0.15) is 0 Å². The number of hydrogen-bond donors (Lipinski definition) is 1. The van der Waals surface area contributed by atoms with E-state index in [2.05, 4.69) is 10.9 Å². The van der Waals surface area contributed by atoms with E-state index < -0.39 is 0 Å². The molecule has 1 aliphatic rings. The maximum Gasteiger partial charge on any atom is 0.219 e. The molecule has 1 N–H and O–H groups in total. The van der Waals surface area contributed by atoms with Crippen molar-refractivity contribution in [2.75, 3.05) is 0 Å². The molecule has 0 fully saturated rings. The van der Waals surface area contributed by atoms with Crippen LogP contribution in [0.25, 0.3) is 0 Å². The summed E-state index contributed by atoms with van der Waals surface area (Å²) < 4.78 is 0. The van der Waals surface area contributed by atoms with E-state index in [4.69, 9.17) is 5.11 Å². The van der Waals surface area contributed by atoms with Gasteiger partial charge >= 0.3 is 0 Å². The minimum Gasteiger partial charge on any atom is -0.493 e. The van der Waals surface area contributed by atoms with Crippen molar-refractivity contribution in [2.45, 2.75) is 0 Å². The Bertz CT molecular complexity index is 195. The first-order valence-corrected chi connectivity index (χ1v) is 2.25. The highest BCUT2D eigenvalue weighted by Gasteiger charge is 1.80. The molecule has 0 aromatic heterocycles. The van der Waals surface area contributed by atoms with Crippen molar-refractivity contribution >= 4 is 5.87 Å². The summed E-state index contributed by atoms with van der Waals surface area (Å²) in [5, 5.41) is 8.65. The smallest absolute Gasteiger partial charge is 0.219 e. The Morgan fingerprint density at radius 2 is 2.38 bits per heavy atom. The highest BCUT2D eigenvalue weighted by atomic mass is 16.3. The molecule has 0 spiro atoms.